The first kappa shape index (κ1) is 12.8. The molecule has 102 valence electrons. The maximum atomic E-state index is 6.02. The van der Waals surface area contributed by atoms with E-state index in [-0.39, 0.29) is 5.88 Å². The third-order valence-corrected chi connectivity index (χ3v) is 3.31. The molecule has 0 atom stereocenters. The van der Waals surface area contributed by atoms with Crippen molar-refractivity contribution >= 4 is 17.5 Å². The molecule has 2 N–H and O–H groups in total. The molecule has 5 heteroatoms. The highest BCUT2D eigenvalue weighted by atomic mass is 35.5. The summed E-state index contributed by atoms with van der Waals surface area (Å²) < 4.78 is 10.8. The zero-order valence-corrected chi connectivity index (χ0v) is 11.6. The predicted molar refractivity (Wildman–Crippen MR) is 78.4 cm³/mol. The number of nitrogens with two attached hydrogens (primary N) is 1. The third-order valence-electron chi connectivity index (χ3n) is 3.08. The fourth-order valence-electron chi connectivity index (χ4n) is 2.09. The van der Waals surface area contributed by atoms with Gasteiger partial charge in [-0.2, -0.15) is 0 Å². The Balaban J connectivity index is 2.14. The molecule has 1 aromatic carbocycles. The Morgan fingerprint density at radius 1 is 1.25 bits per heavy atom. The van der Waals surface area contributed by atoms with E-state index in [2.05, 4.69) is 5.16 Å². The van der Waals surface area contributed by atoms with Gasteiger partial charge in [0.2, 0.25) is 5.88 Å². The molecule has 3 rings (SSSR count). The van der Waals surface area contributed by atoms with Crippen molar-refractivity contribution in [2.24, 2.45) is 0 Å². The maximum absolute atomic E-state index is 6.02. The van der Waals surface area contributed by atoms with E-state index in [4.69, 9.17) is 26.3 Å². The Labute approximate surface area is 121 Å². The van der Waals surface area contributed by atoms with Crippen LogP contribution < -0.4 is 5.73 Å². The monoisotopic (exact) mass is 288 g/mol. The molecule has 0 aliphatic rings. The number of nitrogens with zero attached hydrogens (tertiary/aromatic N) is 1. The highest BCUT2D eigenvalue weighted by Gasteiger charge is 2.20. The van der Waals surface area contributed by atoms with Crippen LogP contribution in [0, 0.1) is 0 Å². The molecule has 0 aliphatic heterocycles. The lowest BCUT2D eigenvalue weighted by atomic mass is 10.0. The Morgan fingerprint density at radius 3 is 2.80 bits per heavy atom. The Morgan fingerprint density at radius 2 is 2.10 bits per heavy atom. The van der Waals surface area contributed by atoms with E-state index in [9.17, 15) is 0 Å². The minimum absolute atomic E-state index is 0.247. The van der Waals surface area contributed by atoms with Crippen LogP contribution in [0.1, 0.15) is 12.7 Å². The summed E-state index contributed by atoms with van der Waals surface area (Å²) in [6.45, 7) is 2.03. The number of anilines is 1. The van der Waals surface area contributed by atoms with Gasteiger partial charge >= 0.3 is 0 Å². The summed E-state index contributed by atoms with van der Waals surface area (Å²) >= 11 is 6.02. The molecule has 0 spiro atoms. The lowest BCUT2D eigenvalue weighted by molar-refractivity contribution is 0.434. The van der Waals surface area contributed by atoms with Crippen LogP contribution in [0.15, 0.2) is 45.3 Å². The molecular weight excluding hydrogens is 276 g/mol. The van der Waals surface area contributed by atoms with E-state index in [1.165, 1.54) is 0 Å². The fourth-order valence-corrected chi connectivity index (χ4v) is 2.28. The summed E-state index contributed by atoms with van der Waals surface area (Å²) in [6, 6.07) is 11.2. The number of aryl methyl sites for hydroxylation is 1. The average molecular weight is 289 g/mol. The van der Waals surface area contributed by atoms with E-state index in [0.717, 1.165) is 17.7 Å². The first-order valence-corrected chi connectivity index (χ1v) is 6.67. The van der Waals surface area contributed by atoms with Crippen LogP contribution in [-0.4, -0.2) is 5.16 Å². The summed E-state index contributed by atoms with van der Waals surface area (Å²) in [5.74, 6) is 1.77. The molecule has 0 fully saturated rings. The van der Waals surface area contributed by atoms with Crippen LogP contribution in [0.3, 0.4) is 0 Å². The highest BCUT2D eigenvalue weighted by molar-refractivity contribution is 6.30. The smallest absolute Gasteiger partial charge is 0.230 e. The molecule has 0 unspecified atom stereocenters. The van der Waals surface area contributed by atoms with Gasteiger partial charge in [-0.25, -0.2) is 0 Å². The molecule has 3 aromatic rings. The van der Waals surface area contributed by atoms with Gasteiger partial charge in [0.05, 0.1) is 5.56 Å². The molecule has 20 heavy (non-hydrogen) atoms. The minimum atomic E-state index is 0.247. The molecule has 0 bridgehead atoms. The SMILES string of the molecule is CCc1ccc(-c2noc(N)c2-c2cccc(Cl)c2)o1. The second-order valence-corrected chi connectivity index (χ2v) is 4.84. The van der Waals surface area contributed by atoms with E-state index < -0.39 is 0 Å². The van der Waals surface area contributed by atoms with Gasteiger partial charge in [-0.1, -0.05) is 35.8 Å². The van der Waals surface area contributed by atoms with Crippen molar-refractivity contribution in [1.29, 1.82) is 0 Å². The molecular formula is C15H13ClN2O2. The van der Waals surface area contributed by atoms with E-state index in [1.54, 1.807) is 6.07 Å². The van der Waals surface area contributed by atoms with Gasteiger partial charge in [0.25, 0.3) is 0 Å². The largest absolute Gasteiger partial charge is 0.459 e. The maximum Gasteiger partial charge on any atom is 0.230 e. The van der Waals surface area contributed by atoms with Gasteiger partial charge in [0.1, 0.15) is 5.76 Å². The molecule has 2 aromatic heterocycles. The van der Waals surface area contributed by atoms with Crippen LogP contribution >= 0.6 is 11.6 Å². The number of benzene rings is 1. The summed E-state index contributed by atoms with van der Waals surface area (Å²) in [4.78, 5) is 0. The average Bonchev–Trinajstić information content (AvgIpc) is 3.04. The first-order chi connectivity index (χ1) is 9.69. The second-order valence-electron chi connectivity index (χ2n) is 4.40. The van der Waals surface area contributed by atoms with Gasteiger partial charge in [0.15, 0.2) is 11.5 Å². The topological polar surface area (TPSA) is 65.2 Å². The van der Waals surface area contributed by atoms with Gasteiger partial charge in [0, 0.05) is 11.4 Å². The third kappa shape index (κ3) is 2.18. The number of hydrogen-bond donors (Lipinski definition) is 1. The zero-order valence-electron chi connectivity index (χ0n) is 10.9. The number of halogens is 1. The molecule has 0 saturated heterocycles. The van der Waals surface area contributed by atoms with Crippen molar-refractivity contribution < 1.29 is 8.94 Å². The van der Waals surface area contributed by atoms with Crippen LogP contribution in [0.4, 0.5) is 5.88 Å². The fraction of sp³-hybridized carbons (Fsp3) is 0.133. The van der Waals surface area contributed by atoms with E-state index in [0.29, 0.717) is 22.0 Å². The zero-order chi connectivity index (χ0) is 14.1. The standard InChI is InChI=1S/C15H13ClN2O2/c1-2-11-6-7-12(19-11)14-13(15(17)20-18-14)9-4-3-5-10(16)8-9/h3-8H,2,17H2,1H3. The lowest BCUT2D eigenvalue weighted by Crippen LogP contribution is -1.87. The van der Waals surface area contributed by atoms with Crippen LogP contribution in [0.5, 0.6) is 0 Å². The molecule has 0 radical (unpaired) electrons. The number of rotatable bonds is 3. The minimum Gasteiger partial charge on any atom is -0.459 e. The van der Waals surface area contributed by atoms with Crippen LogP contribution in [-0.2, 0) is 6.42 Å². The molecule has 0 amide bonds. The normalized spacial score (nSPS) is 10.9. The summed E-state index contributed by atoms with van der Waals surface area (Å²) in [5, 5.41) is 4.63. The van der Waals surface area contributed by atoms with E-state index in [1.807, 2.05) is 37.3 Å². The van der Waals surface area contributed by atoms with Gasteiger partial charge < -0.3 is 14.7 Å². The molecule has 0 aliphatic carbocycles. The van der Waals surface area contributed by atoms with E-state index >= 15 is 0 Å². The Kier molecular flexibility index (Phi) is 3.24. The number of furan rings is 1. The number of hydrogen-bond acceptors (Lipinski definition) is 4. The van der Waals surface area contributed by atoms with Crippen LogP contribution in [0.25, 0.3) is 22.6 Å². The van der Waals surface area contributed by atoms with Crippen molar-refractivity contribution in [2.75, 3.05) is 5.73 Å². The lowest BCUT2D eigenvalue weighted by Gasteiger charge is -2.01. The van der Waals surface area contributed by atoms with Gasteiger partial charge in [-0.15, -0.1) is 0 Å². The molecule has 4 nitrogen and oxygen atoms in total. The van der Waals surface area contributed by atoms with Crippen molar-refractivity contribution in [3.63, 3.8) is 0 Å². The van der Waals surface area contributed by atoms with Crippen molar-refractivity contribution in [3.8, 4) is 22.6 Å². The number of nitrogen functional groups attached to an aromatic ring is 1. The molecule has 0 saturated carbocycles. The second kappa shape index (κ2) is 5.06. The van der Waals surface area contributed by atoms with Gasteiger partial charge in [-0.3, -0.25) is 0 Å². The highest BCUT2D eigenvalue weighted by Crippen LogP contribution is 2.37. The van der Waals surface area contributed by atoms with Crippen molar-refractivity contribution in [1.82, 2.24) is 5.16 Å². The number of aromatic nitrogens is 1. The Hall–Kier alpha value is -2.20. The van der Waals surface area contributed by atoms with Crippen molar-refractivity contribution in [3.05, 3.63) is 47.2 Å². The molecule has 2 heterocycles. The Bertz CT molecular complexity index is 746. The summed E-state index contributed by atoms with van der Waals surface area (Å²) in [7, 11) is 0. The van der Waals surface area contributed by atoms with Crippen molar-refractivity contribution in [2.45, 2.75) is 13.3 Å². The predicted octanol–water partition coefficient (Wildman–Crippen LogP) is 4.40. The quantitative estimate of drug-likeness (QED) is 0.776. The van der Waals surface area contributed by atoms with Crippen LogP contribution in [0.2, 0.25) is 5.02 Å². The van der Waals surface area contributed by atoms with Gasteiger partial charge in [-0.05, 0) is 29.8 Å². The summed E-state index contributed by atoms with van der Waals surface area (Å²) in [5.41, 5.74) is 8.02. The summed E-state index contributed by atoms with van der Waals surface area (Å²) in [6.07, 6.45) is 0.819. The first-order valence-electron chi connectivity index (χ1n) is 6.29.